The van der Waals surface area contributed by atoms with E-state index in [-0.39, 0.29) is 28.4 Å². The summed E-state index contributed by atoms with van der Waals surface area (Å²) in [5.74, 6) is -0.208. The van der Waals surface area contributed by atoms with Crippen molar-refractivity contribution in [1.82, 2.24) is 20.6 Å². The molecule has 212 valence electrons. The fourth-order valence-electron chi connectivity index (χ4n) is 3.42. The van der Waals surface area contributed by atoms with Crippen molar-refractivity contribution in [2.75, 3.05) is 37.4 Å². The lowest BCUT2D eigenvalue weighted by Gasteiger charge is -2.13. The van der Waals surface area contributed by atoms with Gasteiger partial charge in [0.1, 0.15) is 5.75 Å². The number of nitrogens with one attached hydrogen (secondary N) is 3. The summed E-state index contributed by atoms with van der Waals surface area (Å²) in [4.78, 5) is 19.8. The molecule has 10 N–H and O–H groups in total. The molecule has 1 heterocycles. The number of aromatic nitrogens is 2. The SMILES string of the molecule is CS(=O)(=O)O.N=C(NCCCCc1ccc(OCCCN)c2ccccc12)NC(=O)c1nc(Cl)c(N)nc1N. The Balaban J connectivity index is 0.000000976. The van der Waals surface area contributed by atoms with E-state index in [1.54, 1.807) is 0 Å². The Kier molecular flexibility index (Phi) is 12.1. The van der Waals surface area contributed by atoms with Crippen LogP contribution in [0.25, 0.3) is 10.8 Å². The first kappa shape index (κ1) is 31.5. The number of carbonyl (C=O) groups excluding carboxylic acids is 1. The van der Waals surface area contributed by atoms with Crippen molar-refractivity contribution >= 4 is 56.0 Å². The highest BCUT2D eigenvalue weighted by Crippen LogP contribution is 2.29. The number of nitrogen functional groups attached to an aromatic ring is 2. The van der Waals surface area contributed by atoms with Crippen LogP contribution in [0.5, 0.6) is 5.75 Å². The van der Waals surface area contributed by atoms with Crippen LogP contribution in [-0.2, 0) is 16.5 Å². The predicted octanol–water partition coefficient (Wildman–Crippen LogP) is 1.96. The molecule has 0 saturated carbocycles. The molecule has 39 heavy (non-hydrogen) atoms. The van der Waals surface area contributed by atoms with Gasteiger partial charge in [0, 0.05) is 11.9 Å². The van der Waals surface area contributed by atoms with Crippen LogP contribution < -0.4 is 32.6 Å². The molecule has 3 aromatic rings. The quantitative estimate of drug-likeness (QED) is 0.0792. The molecule has 0 aliphatic rings. The van der Waals surface area contributed by atoms with E-state index in [1.165, 1.54) is 10.9 Å². The first-order valence-electron chi connectivity index (χ1n) is 11.9. The van der Waals surface area contributed by atoms with Gasteiger partial charge in [0.25, 0.3) is 16.0 Å². The lowest BCUT2D eigenvalue weighted by Crippen LogP contribution is -2.41. The summed E-state index contributed by atoms with van der Waals surface area (Å²) >= 11 is 5.79. The molecule has 0 aliphatic heterocycles. The first-order valence-corrected chi connectivity index (χ1v) is 14.1. The third-order valence-electron chi connectivity index (χ3n) is 5.11. The Labute approximate surface area is 231 Å². The number of halogens is 1. The molecule has 0 spiro atoms. The molecule has 15 heteroatoms. The number of guanidine groups is 1. The number of nitrogens with two attached hydrogens (primary N) is 3. The summed E-state index contributed by atoms with van der Waals surface area (Å²) in [7, 11) is -3.67. The Morgan fingerprint density at radius 1 is 1.08 bits per heavy atom. The molecule has 2 aromatic carbocycles. The summed E-state index contributed by atoms with van der Waals surface area (Å²) in [6.45, 7) is 1.71. The number of benzene rings is 2. The van der Waals surface area contributed by atoms with E-state index in [4.69, 9.17) is 43.5 Å². The first-order chi connectivity index (χ1) is 18.4. The number of hydrogen-bond acceptors (Lipinski definition) is 10. The summed E-state index contributed by atoms with van der Waals surface area (Å²) in [5.41, 5.74) is 17.8. The Morgan fingerprint density at radius 3 is 2.41 bits per heavy atom. The van der Waals surface area contributed by atoms with Gasteiger partial charge < -0.3 is 27.3 Å². The van der Waals surface area contributed by atoms with Gasteiger partial charge in [0.2, 0.25) is 0 Å². The highest BCUT2D eigenvalue weighted by atomic mass is 35.5. The summed E-state index contributed by atoms with van der Waals surface area (Å²) in [5, 5.41) is 15.3. The second kappa shape index (κ2) is 15.0. The Hall–Kier alpha value is -3.72. The van der Waals surface area contributed by atoms with Crippen molar-refractivity contribution in [1.29, 1.82) is 5.41 Å². The minimum Gasteiger partial charge on any atom is -0.493 e. The van der Waals surface area contributed by atoms with E-state index < -0.39 is 16.0 Å². The highest BCUT2D eigenvalue weighted by molar-refractivity contribution is 7.85. The number of carbonyl (C=O) groups is 1. The van der Waals surface area contributed by atoms with Gasteiger partial charge in [0.15, 0.2) is 28.4 Å². The molecule has 0 saturated heterocycles. The maximum Gasteiger partial charge on any atom is 0.280 e. The maximum atomic E-state index is 12.3. The van der Waals surface area contributed by atoms with Crippen molar-refractivity contribution in [3.05, 3.63) is 52.8 Å². The molecule has 0 aliphatic carbocycles. The van der Waals surface area contributed by atoms with E-state index in [1.807, 2.05) is 18.2 Å². The lowest BCUT2D eigenvalue weighted by molar-refractivity contribution is 0.0971. The number of hydrogen-bond donors (Lipinski definition) is 7. The number of anilines is 2. The number of amides is 1. The van der Waals surface area contributed by atoms with Gasteiger partial charge >= 0.3 is 0 Å². The second-order valence-electron chi connectivity index (χ2n) is 8.34. The minimum absolute atomic E-state index is 0.0644. The number of fused-ring (bicyclic) bond motifs is 1. The average Bonchev–Trinajstić information content (AvgIpc) is 2.86. The molecule has 0 atom stereocenters. The number of rotatable bonds is 10. The third-order valence-corrected chi connectivity index (χ3v) is 5.39. The van der Waals surface area contributed by atoms with Gasteiger partial charge in [-0.05, 0) is 49.2 Å². The van der Waals surface area contributed by atoms with Crippen molar-refractivity contribution in [3.8, 4) is 5.75 Å². The fraction of sp³-hybridized carbons (Fsp3) is 0.333. The minimum atomic E-state index is -3.67. The number of nitrogens with zero attached hydrogens (tertiary/aromatic N) is 2. The van der Waals surface area contributed by atoms with Gasteiger partial charge in [-0.3, -0.25) is 20.1 Å². The molecule has 13 nitrogen and oxygen atoms in total. The number of unbranched alkanes of at least 4 members (excludes halogenated alkanes) is 1. The molecule has 0 radical (unpaired) electrons. The molecule has 0 bridgehead atoms. The van der Waals surface area contributed by atoms with Gasteiger partial charge in [0.05, 0.1) is 12.9 Å². The van der Waals surface area contributed by atoms with Crippen LogP contribution >= 0.6 is 11.6 Å². The summed E-state index contributed by atoms with van der Waals surface area (Å²) in [6.07, 6.45) is 4.11. The van der Waals surface area contributed by atoms with Crippen molar-refractivity contribution < 1.29 is 22.5 Å². The summed E-state index contributed by atoms with van der Waals surface area (Å²) in [6, 6.07) is 12.3. The molecular weight excluding hydrogens is 548 g/mol. The predicted molar refractivity (Wildman–Crippen MR) is 153 cm³/mol. The summed E-state index contributed by atoms with van der Waals surface area (Å²) < 4.78 is 31.8. The maximum absolute atomic E-state index is 12.3. The second-order valence-corrected chi connectivity index (χ2v) is 10.2. The third kappa shape index (κ3) is 10.9. The van der Waals surface area contributed by atoms with Crippen LogP contribution in [0.1, 0.15) is 35.3 Å². The topological polar surface area (TPSA) is 232 Å². The molecule has 3 rings (SSSR count). The number of ether oxygens (including phenoxy) is 1. The van der Waals surface area contributed by atoms with Crippen LogP contribution in [0.15, 0.2) is 36.4 Å². The molecule has 1 aromatic heterocycles. The van der Waals surface area contributed by atoms with Crippen molar-refractivity contribution in [2.24, 2.45) is 5.73 Å². The average molecular weight is 581 g/mol. The Bertz CT molecular complexity index is 1400. The smallest absolute Gasteiger partial charge is 0.280 e. The zero-order valence-corrected chi connectivity index (χ0v) is 23.0. The standard InChI is InChI=1S/C23H29ClN8O2.CH4O3S/c24-19-21(27)31-20(26)18(30-19)22(33)32-23(28)29-12-4-3-6-14-9-10-17(34-13-5-11-25)16-8-2-1-7-15(14)16;1-5(2,3)4/h1-2,7-10H,3-6,11-13,25H2,(H4,26,27,31)(H3,28,29,32,33);1H3,(H,2,3,4). The zero-order chi connectivity index (χ0) is 29.0. The van der Waals surface area contributed by atoms with Crippen LogP contribution in [0.3, 0.4) is 0 Å². The van der Waals surface area contributed by atoms with E-state index in [0.717, 1.165) is 36.8 Å². The van der Waals surface area contributed by atoms with E-state index >= 15 is 0 Å². The number of aryl methyl sites for hydroxylation is 1. The van der Waals surface area contributed by atoms with Crippen LogP contribution in [0.4, 0.5) is 11.6 Å². The van der Waals surface area contributed by atoms with Crippen LogP contribution in [0.2, 0.25) is 5.15 Å². The van der Waals surface area contributed by atoms with Crippen LogP contribution in [0, 0.1) is 5.41 Å². The largest absolute Gasteiger partial charge is 0.493 e. The van der Waals surface area contributed by atoms with E-state index in [9.17, 15) is 13.2 Å². The zero-order valence-electron chi connectivity index (χ0n) is 21.4. The highest BCUT2D eigenvalue weighted by Gasteiger charge is 2.17. The normalized spacial score (nSPS) is 10.9. The van der Waals surface area contributed by atoms with Gasteiger partial charge in [-0.1, -0.05) is 41.9 Å². The molecule has 1 amide bonds. The monoisotopic (exact) mass is 580 g/mol. The Morgan fingerprint density at radius 2 is 1.74 bits per heavy atom. The molecular formula is C24H33ClN8O5S. The van der Waals surface area contributed by atoms with E-state index in [0.29, 0.717) is 26.0 Å². The van der Waals surface area contributed by atoms with Gasteiger partial charge in [-0.25, -0.2) is 9.97 Å². The molecule has 0 unspecified atom stereocenters. The van der Waals surface area contributed by atoms with Gasteiger partial charge in [-0.2, -0.15) is 8.42 Å². The fourth-order valence-corrected chi connectivity index (χ4v) is 3.55. The molecule has 0 fully saturated rings. The van der Waals surface area contributed by atoms with Crippen molar-refractivity contribution in [2.45, 2.75) is 25.7 Å². The van der Waals surface area contributed by atoms with Gasteiger partial charge in [-0.15, -0.1) is 0 Å². The van der Waals surface area contributed by atoms with Crippen molar-refractivity contribution in [3.63, 3.8) is 0 Å². The van der Waals surface area contributed by atoms with Crippen LogP contribution in [-0.4, -0.2) is 60.8 Å². The van der Waals surface area contributed by atoms with E-state index in [2.05, 4.69) is 38.8 Å². The lowest BCUT2D eigenvalue weighted by atomic mass is 9.99.